The number of ether oxygens (including phenoxy) is 1. The van der Waals surface area contributed by atoms with Crippen molar-refractivity contribution < 1.29 is 9.84 Å². The maximum Gasteiger partial charge on any atom is 0.0831 e. The molecule has 1 saturated heterocycles. The lowest BCUT2D eigenvalue weighted by Crippen LogP contribution is -2.37. The molecular formula is C8H16O2. The average Bonchev–Trinajstić information content (AvgIpc) is 1.88. The average molecular weight is 144 g/mol. The van der Waals surface area contributed by atoms with Crippen molar-refractivity contribution >= 4 is 0 Å². The van der Waals surface area contributed by atoms with Gasteiger partial charge in [-0.1, -0.05) is 13.8 Å². The standard InChI is InChI=1S/C8H16O2/c1-3-8-7(9)4-6(2)5-10-8/h6-9H,3-5H2,1-2H3/t6-,7-,8-/m0/s1. The van der Waals surface area contributed by atoms with Gasteiger partial charge in [0.25, 0.3) is 0 Å². The van der Waals surface area contributed by atoms with Crippen LogP contribution >= 0.6 is 0 Å². The molecule has 1 fully saturated rings. The molecule has 0 aromatic heterocycles. The van der Waals surface area contributed by atoms with E-state index in [4.69, 9.17) is 4.74 Å². The Morgan fingerprint density at radius 2 is 2.30 bits per heavy atom. The summed E-state index contributed by atoms with van der Waals surface area (Å²) in [5.41, 5.74) is 0. The zero-order valence-corrected chi connectivity index (χ0v) is 6.71. The minimum absolute atomic E-state index is 0.0937. The van der Waals surface area contributed by atoms with Gasteiger partial charge in [0, 0.05) is 6.61 Å². The van der Waals surface area contributed by atoms with Crippen LogP contribution < -0.4 is 0 Å². The zero-order valence-electron chi connectivity index (χ0n) is 6.71. The van der Waals surface area contributed by atoms with Crippen molar-refractivity contribution in [1.29, 1.82) is 0 Å². The van der Waals surface area contributed by atoms with Crippen LogP contribution in [-0.2, 0) is 4.74 Å². The lowest BCUT2D eigenvalue weighted by Gasteiger charge is -2.30. The SMILES string of the molecule is CC[C@@H]1OC[C@@H](C)C[C@@H]1O. The summed E-state index contributed by atoms with van der Waals surface area (Å²) < 4.78 is 5.40. The van der Waals surface area contributed by atoms with Crippen LogP contribution in [0.3, 0.4) is 0 Å². The Hall–Kier alpha value is -0.0800. The second-order valence-electron chi connectivity index (χ2n) is 3.19. The van der Waals surface area contributed by atoms with Crippen molar-refractivity contribution in [2.75, 3.05) is 6.61 Å². The highest BCUT2D eigenvalue weighted by Crippen LogP contribution is 2.20. The molecule has 0 aliphatic carbocycles. The fourth-order valence-electron chi connectivity index (χ4n) is 1.42. The molecule has 0 unspecified atom stereocenters. The molecule has 0 saturated carbocycles. The van der Waals surface area contributed by atoms with Gasteiger partial charge < -0.3 is 9.84 Å². The van der Waals surface area contributed by atoms with Gasteiger partial charge in [0.15, 0.2) is 0 Å². The molecule has 0 spiro atoms. The van der Waals surface area contributed by atoms with Gasteiger partial charge in [0.1, 0.15) is 0 Å². The Morgan fingerprint density at radius 3 is 2.80 bits per heavy atom. The number of aliphatic hydroxyl groups is 1. The summed E-state index contributed by atoms with van der Waals surface area (Å²) in [6.45, 7) is 4.97. The summed E-state index contributed by atoms with van der Waals surface area (Å²) in [4.78, 5) is 0. The molecule has 2 nitrogen and oxygen atoms in total. The van der Waals surface area contributed by atoms with E-state index in [0.717, 1.165) is 19.4 Å². The van der Waals surface area contributed by atoms with Gasteiger partial charge in [-0.15, -0.1) is 0 Å². The quantitative estimate of drug-likeness (QED) is 0.599. The molecule has 1 heterocycles. The summed E-state index contributed by atoms with van der Waals surface area (Å²) in [6.07, 6.45) is 1.69. The third kappa shape index (κ3) is 1.70. The van der Waals surface area contributed by atoms with E-state index in [1.54, 1.807) is 0 Å². The molecule has 0 radical (unpaired) electrons. The molecule has 0 aromatic rings. The van der Waals surface area contributed by atoms with Crippen molar-refractivity contribution in [3.63, 3.8) is 0 Å². The van der Waals surface area contributed by atoms with E-state index in [2.05, 4.69) is 6.92 Å². The maximum absolute atomic E-state index is 9.41. The van der Waals surface area contributed by atoms with Gasteiger partial charge in [0.2, 0.25) is 0 Å². The molecule has 1 aliphatic heterocycles. The molecule has 0 aromatic carbocycles. The second kappa shape index (κ2) is 3.35. The van der Waals surface area contributed by atoms with Crippen molar-refractivity contribution in [3.05, 3.63) is 0 Å². The summed E-state index contributed by atoms with van der Waals surface area (Å²) in [6, 6.07) is 0. The smallest absolute Gasteiger partial charge is 0.0831 e. The number of aliphatic hydroxyl groups excluding tert-OH is 1. The second-order valence-corrected chi connectivity index (χ2v) is 3.19. The first kappa shape index (κ1) is 8.02. The predicted molar refractivity (Wildman–Crippen MR) is 39.8 cm³/mol. The molecule has 60 valence electrons. The zero-order chi connectivity index (χ0) is 7.56. The minimum Gasteiger partial charge on any atom is -0.390 e. The fraction of sp³-hybridized carbons (Fsp3) is 1.00. The lowest BCUT2D eigenvalue weighted by molar-refractivity contribution is -0.0953. The molecular weight excluding hydrogens is 128 g/mol. The Morgan fingerprint density at radius 1 is 1.60 bits per heavy atom. The molecule has 1 N–H and O–H groups in total. The first-order valence-corrected chi connectivity index (χ1v) is 4.03. The van der Waals surface area contributed by atoms with Crippen molar-refractivity contribution in [2.45, 2.75) is 38.9 Å². The first-order chi connectivity index (χ1) is 4.74. The van der Waals surface area contributed by atoms with E-state index < -0.39 is 0 Å². The van der Waals surface area contributed by atoms with Crippen LogP contribution in [0.25, 0.3) is 0 Å². The Bertz CT molecular complexity index is 103. The van der Waals surface area contributed by atoms with E-state index in [1.807, 2.05) is 6.92 Å². The topological polar surface area (TPSA) is 29.5 Å². The van der Waals surface area contributed by atoms with E-state index in [9.17, 15) is 5.11 Å². The number of hydrogen-bond acceptors (Lipinski definition) is 2. The maximum atomic E-state index is 9.41. The van der Waals surface area contributed by atoms with E-state index in [1.165, 1.54) is 0 Å². The normalized spacial score (nSPS) is 41.7. The van der Waals surface area contributed by atoms with Crippen molar-refractivity contribution in [2.24, 2.45) is 5.92 Å². The number of rotatable bonds is 1. The van der Waals surface area contributed by atoms with Gasteiger partial charge in [-0.05, 0) is 18.8 Å². The summed E-state index contributed by atoms with van der Waals surface area (Å²) >= 11 is 0. The van der Waals surface area contributed by atoms with Crippen LogP contribution in [0.2, 0.25) is 0 Å². The van der Waals surface area contributed by atoms with Crippen LogP contribution in [0.4, 0.5) is 0 Å². The minimum atomic E-state index is -0.228. The molecule has 2 heteroatoms. The van der Waals surface area contributed by atoms with Crippen molar-refractivity contribution in [1.82, 2.24) is 0 Å². The lowest BCUT2D eigenvalue weighted by atomic mass is 9.96. The molecule has 0 bridgehead atoms. The highest BCUT2D eigenvalue weighted by molar-refractivity contribution is 4.75. The van der Waals surface area contributed by atoms with Crippen LogP contribution in [0, 0.1) is 5.92 Å². The Kier molecular flexibility index (Phi) is 2.69. The van der Waals surface area contributed by atoms with Crippen LogP contribution in [0.5, 0.6) is 0 Å². The first-order valence-electron chi connectivity index (χ1n) is 4.03. The van der Waals surface area contributed by atoms with Crippen LogP contribution in [0.1, 0.15) is 26.7 Å². The summed E-state index contributed by atoms with van der Waals surface area (Å²) in [5.74, 6) is 0.526. The molecule has 10 heavy (non-hydrogen) atoms. The van der Waals surface area contributed by atoms with Gasteiger partial charge >= 0.3 is 0 Å². The fourth-order valence-corrected chi connectivity index (χ4v) is 1.42. The van der Waals surface area contributed by atoms with Crippen molar-refractivity contribution in [3.8, 4) is 0 Å². The van der Waals surface area contributed by atoms with E-state index in [-0.39, 0.29) is 12.2 Å². The van der Waals surface area contributed by atoms with Gasteiger partial charge in [-0.25, -0.2) is 0 Å². The highest BCUT2D eigenvalue weighted by Gasteiger charge is 2.25. The van der Waals surface area contributed by atoms with Gasteiger partial charge in [-0.3, -0.25) is 0 Å². The van der Waals surface area contributed by atoms with Crippen LogP contribution in [-0.4, -0.2) is 23.9 Å². The predicted octanol–water partition coefficient (Wildman–Crippen LogP) is 1.18. The Balaban J connectivity index is 2.36. The third-order valence-electron chi connectivity index (χ3n) is 2.07. The highest BCUT2D eigenvalue weighted by atomic mass is 16.5. The van der Waals surface area contributed by atoms with Gasteiger partial charge in [0.05, 0.1) is 12.2 Å². The van der Waals surface area contributed by atoms with Gasteiger partial charge in [-0.2, -0.15) is 0 Å². The molecule has 3 atom stereocenters. The number of hydrogen-bond donors (Lipinski definition) is 1. The van der Waals surface area contributed by atoms with E-state index in [0.29, 0.717) is 5.92 Å². The third-order valence-corrected chi connectivity index (χ3v) is 2.07. The van der Waals surface area contributed by atoms with Crippen LogP contribution in [0.15, 0.2) is 0 Å². The Labute approximate surface area is 62.2 Å². The summed E-state index contributed by atoms with van der Waals surface area (Å²) in [5, 5.41) is 9.41. The summed E-state index contributed by atoms with van der Waals surface area (Å²) in [7, 11) is 0. The van der Waals surface area contributed by atoms with E-state index >= 15 is 0 Å². The monoisotopic (exact) mass is 144 g/mol. The molecule has 0 amide bonds. The largest absolute Gasteiger partial charge is 0.390 e. The molecule has 1 aliphatic rings. The molecule has 1 rings (SSSR count).